The van der Waals surface area contributed by atoms with E-state index in [9.17, 15) is 8.42 Å². The predicted octanol–water partition coefficient (Wildman–Crippen LogP) is 0.664. The van der Waals surface area contributed by atoms with E-state index < -0.39 is 10.0 Å². The normalized spacial score (nSPS) is 11.1. The predicted molar refractivity (Wildman–Crippen MR) is 76.7 cm³/mol. The zero-order valence-electron chi connectivity index (χ0n) is 11.6. The average molecular weight is 308 g/mol. The van der Waals surface area contributed by atoms with Crippen molar-refractivity contribution in [2.45, 2.75) is 11.3 Å². The second kappa shape index (κ2) is 6.51. The van der Waals surface area contributed by atoms with Gasteiger partial charge in [-0.3, -0.25) is 4.72 Å². The first-order valence-corrected chi connectivity index (χ1v) is 7.72. The molecule has 2 rings (SSSR count). The van der Waals surface area contributed by atoms with Crippen molar-refractivity contribution in [3.05, 3.63) is 46.9 Å². The Morgan fingerprint density at radius 2 is 2.00 bits per heavy atom. The van der Waals surface area contributed by atoms with Crippen molar-refractivity contribution in [2.24, 2.45) is 0 Å². The number of benzene rings is 1. The summed E-state index contributed by atoms with van der Waals surface area (Å²) in [5, 5.41) is 0. The topological polar surface area (TPSA) is 111 Å². The summed E-state index contributed by atoms with van der Waals surface area (Å²) in [5.41, 5.74) is 4.61. The lowest BCUT2D eigenvalue weighted by molar-refractivity contribution is -0.366. The Labute approximate surface area is 123 Å². The van der Waals surface area contributed by atoms with Crippen LogP contribution < -0.4 is 10.5 Å². The molecule has 0 radical (unpaired) electrons. The summed E-state index contributed by atoms with van der Waals surface area (Å²) in [6.45, 7) is 0.671. The van der Waals surface area contributed by atoms with Crippen LogP contribution in [0.15, 0.2) is 41.6 Å². The van der Waals surface area contributed by atoms with E-state index in [0.717, 1.165) is 5.56 Å². The zero-order valence-corrected chi connectivity index (χ0v) is 12.4. The van der Waals surface area contributed by atoms with Gasteiger partial charge in [-0.15, -0.1) is 0 Å². The average Bonchev–Trinajstić information content (AvgIpc) is 2.48. The molecule has 0 aliphatic heterocycles. The second-order valence-electron chi connectivity index (χ2n) is 4.20. The number of hydrogen-bond donors (Lipinski definition) is 1. The lowest BCUT2D eigenvalue weighted by Gasteiger charge is -2.15. The highest BCUT2D eigenvalue weighted by Crippen LogP contribution is 2.31. The molecule has 0 saturated carbocycles. The highest BCUT2D eigenvalue weighted by Gasteiger charge is 2.18. The molecule has 0 saturated heterocycles. The Bertz CT molecular complexity index is 705. The quantitative estimate of drug-likeness (QED) is 0.842. The van der Waals surface area contributed by atoms with Crippen LogP contribution in [-0.4, -0.2) is 32.0 Å². The molecule has 0 amide bonds. The first-order chi connectivity index (χ1) is 10.1. The summed E-state index contributed by atoms with van der Waals surface area (Å²) >= 11 is 0. The molecule has 0 bridgehead atoms. The van der Waals surface area contributed by atoms with Crippen molar-refractivity contribution in [2.75, 3.05) is 13.7 Å². The van der Waals surface area contributed by atoms with Crippen LogP contribution in [-0.2, 0) is 16.4 Å². The van der Waals surface area contributed by atoms with Crippen molar-refractivity contribution in [1.29, 1.82) is 0 Å². The van der Waals surface area contributed by atoms with Gasteiger partial charge < -0.3 is 20.4 Å². The third kappa shape index (κ3) is 3.67. The lowest BCUT2D eigenvalue weighted by atomic mass is 10.1. The van der Waals surface area contributed by atoms with Gasteiger partial charge in [-0.25, -0.2) is 8.42 Å². The summed E-state index contributed by atoms with van der Waals surface area (Å²) in [7, 11) is -2.53. The molecule has 1 aromatic carbocycles. The maximum Gasteiger partial charge on any atom is 0.233 e. The third-order valence-electron chi connectivity index (χ3n) is 2.73. The molecule has 21 heavy (non-hydrogen) atoms. The van der Waals surface area contributed by atoms with Crippen molar-refractivity contribution < 1.29 is 18.9 Å². The molecule has 7 nitrogen and oxygen atoms in total. The van der Waals surface area contributed by atoms with E-state index in [-0.39, 0.29) is 16.6 Å². The van der Waals surface area contributed by atoms with Crippen LogP contribution in [0.2, 0.25) is 0 Å². The molecular formula is C13H16N4O3S. The van der Waals surface area contributed by atoms with Crippen LogP contribution >= 0.6 is 0 Å². The summed E-state index contributed by atoms with van der Waals surface area (Å²) in [4.78, 5) is 7.59. The van der Waals surface area contributed by atoms with Crippen LogP contribution in [0.4, 0.5) is 5.95 Å². The van der Waals surface area contributed by atoms with E-state index in [1.54, 1.807) is 18.2 Å². The molecule has 0 aliphatic carbocycles. The zero-order chi connectivity index (χ0) is 15.3. The van der Waals surface area contributed by atoms with Gasteiger partial charge in [0.1, 0.15) is 10.6 Å². The highest BCUT2D eigenvalue weighted by molar-refractivity contribution is 7.94. The minimum absolute atomic E-state index is 0.00315. The maximum absolute atomic E-state index is 12.4. The van der Waals surface area contributed by atoms with E-state index in [1.807, 2.05) is 6.07 Å². The summed E-state index contributed by atoms with van der Waals surface area (Å²) in [5.74, 6) is 0.129. The Balaban J connectivity index is 2.40. The fraction of sp³-hybridized carbons (Fsp3) is 0.231. The smallest absolute Gasteiger partial charge is 0.233 e. The minimum atomic E-state index is -3.94. The van der Waals surface area contributed by atoms with Gasteiger partial charge in [-0.05, 0) is 30.1 Å². The molecule has 3 N–H and O–H groups in total. The van der Waals surface area contributed by atoms with Gasteiger partial charge in [-0.2, -0.15) is 0 Å². The molecule has 1 aromatic heterocycles. The Morgan fingerprint density at radius 1 is 1.29 bits per heavy atom. The van der Waals surface area contributed by atoms with Crippen molar-refractivity contribution in [3.8, 4) is 5.75 Å². The first kappa shape index (κ1) is 15.2. The Kier molecular flexibility index (Phi) is 4.71. The lowest BCUT2D eigenvalue weighted by Crippen LogP contribution is -2.51. The molecular weight excluding hydrogens is 292 g/mol. The molecule has 2 aromatic rings. The van der Waals surface area contributed by atoms with Crippen molar-refractivity contribution in [3.63, 3.8) is 0 Å². The molecule has 8 heteroatoms. The van der Waals surface area contributed by atoms with Crippen molar-refractivity contribution in [1.82, 2.24) is 9.97 Å². The van der Waals surface area contributed by atoms with E-state index >= 15 is 0 Å². The number of aromatic nitrogens is 2. The number of methoxy groups -OCH3 is 1. The number of quaternary nitrogens is 1. The van der Waals surface area contributed by atoms with Crippen LogP contribution in [0.25, 0.3) is 4.72 Å². The Hall–Kier alpha value is -2.19. The van der Waals surface area contributed by atoms with E-state index in [4.69, 9.17) is 4.74 Å². The van der Waals surface area contributed by atoms with Gasteiger partial charge in [-0.1, -0.05) is 12.1 Å². The van der Waals surface area contributed by atoms with E-state index in [1.165, 1.54) is 19.5 Å². The number of nitrogens with zero attached hydrogens (tertiary/aromatic N) is 3. The van der Waals surface area contributed by atoms with Gasteiger partial charge in [0.25, 0.3) is 0 Å². The fourth-order valence-corrected chi connectivity index (χ4v) is 2.89. The van der Waals surface area contributed by atoms with Crippen molar-refractivity contribution >= 4 is 16.0 Å². The van der Waals surface area contributed by atoms with Gasteiger partial charge in [0.05, 0.1) is 13.7 Å². The number of rotatable bonds is 6. The van der Waals surface area contributed by atoms with E-state index in [0.29, 0.717) is 13.0 Å². The van der Waals surface area contributed by atoms with Crippen LogP contribution in [0.1, 0.15) is 5.56 Å². The highest BCUT2D eigenvalue weighted by atomic mass is 32.2. The molecule has 112 valence electrons. The van der Waals surface area contributed by atoms with Gasteiger partial charge in [0.2, 0.25) is 10.0 Å². The monoisotopic (exact) mass is 308 g/mol. The third-order valence-corrected chi connectivity index (χ3v) is 4.00. The largest absolute Gasteiger partial charge is 0.495 e. The standard InChI is InChI=1S/C13H15N4O3S/c1-20-11-4-3-10(5-6-14)9-12(11)21(18,19)17-13-15-7-2-8-16-13/h2-4,7-9H,5-6,14H2,1H3/q-1/p+1. The summed E-state index contributed by atoms with van der Waals surface area (Å²) in [6, 6.07) is 6.55. The SMILES string of the molecule is COc1ccc(CC[NH3+])cc1S(=O)(=O)[N-]c1ncccn1. The van der Waals surface area contributed by atoms with Gasteiger partial charge >= 0.3 is 0 Å². The number of ether oxygens (including phenoxy) is 1. The molecule has 0 atom stereocenters. The van der Waals surface area contributed by atoms with E-state index in [2.05, 4.69) is 20.4 Å². The molecule has 0 aliphatic rings. The Morgan fingerprint density at radius 3 is 2.62 bits per heavy atom. The summed E-state index contributed by atoms with van der Waals surface area (Å²) in [6.07, 6.45) is 3.53. The number of sulfonamides is 1. The molecule has 0 spiro atoms. The van der Waals surface area contributed by atoms with Crippen LogP contribution in [0.5, 0.6) is 5.75 Å². The summed E-state index contributed by atoms with van der Waals surface area (Å²) < 4.78 is 33.5. The number of hydrogen-bond acceptors (Lipinski definition) is 5. The van der Waals surface area contributed by atoms with Gasteiger partial charge in [0, 0.05) is 12.4 Å². The van der Waals surface area contributed by atoms with Crippen LogP contribution in [0.3, 0.4) is 0 Å². The first-order valence-electron chi connectivity index (χ1n) is 6.28. The molecule has 0 unspecified atom stereocenters. The minimum Gasteiger partial charge on any atom is -0.495 e. The molecule has 1 heterocycles. The second-order valence-corrected chi connectivity index (χ2v) is 5.78. The fourth-order valence-electron chi connectivity index (χ4n) is 1.78. The van der Waals surface area contributed by atoms with Gasteiger partial charge in [0.15, 0.2) is 0 Å². The van der Waals surface area contributed by atoms with Crippen LogP contribution in [0, 0.1) is 0 Å². The molecule has 0 fully saturated rings. The maximum atomic E-state index is 12.4.